The Kier molecular flexibility index (Phi) is 1.83. The van der Waals surface area contributed by atoms with Gasteiger partial charge < -0.3 is 4.90 Å². The molecule has 0 saturated heterocycles. The molecule has 0 aliphatic carbocycles. The van der Waals surface area contributed by atoms with E-state index < -0.39 is 0 Å². The molecular weight excluding hydrogens is 134 g/mol. The molecular formula is C10H17N. The summed E-state index contributed by atoms with van der Waals surface area (Å²) >= 11 is 0. The van der Waals surface area contributed by atoms with Crippen molar-refractivity contribution in [2.45, 2.75) is 33.2 Å². The smallest absolute Gasteiger partial charge is 0.0551 e. The van der Waals surface area contributed by atoms with Crippen molar-refractivity contribution in [3.8, 4) is 0 Å². The molecule has 1 aliphatic heterocycles. The molecule has 0 radical (unpaired) electrons. The van der Waals surface area contributed by atoms with Crippen molar-refractivity contribution in [1.82, 2.24) is 4.90 Å². The zero-order valence-corrected chi connectivity index (χ0v) is 8.10. The summed E-state index contributed by atoms with van der Waals surface area (Å²) in [7, 11) is 2.12. The number of hydrogen-bond donors (Lipinski definition) is 0. The van der Waals surface area contributed by atoms with Crippen LogP contribution < -0.4 is 0 Å². The Bertz CT molecular complexity index is 221. The Labute approximate surface area is 69.4 Å². The lowest BCUT2D eigenvalue weighted by Gasteiger charge is -2.39. The van der Waals surface area contributed by atoms with Crippen molar-refractivity contribution >= 4 is 0 Å². The monoisotopic (exact) mass is 151 g/mol. The molecule has 0 bridgehead atoms. The van der Waals surface area contributed by atoms with Crippen LogP contribution >= 0.6 is 0 Å². The van der Waals surface area contributed by atoms with Gasteiger partial charge in [0.2, 0.25) is 0 Å². The van der Waals surface area contributed by atoms with Crippen LogP contribution in [0.1, 0.15) is 27.7 Å². The fourth-order valence-corrected chi connectivity index (χ4v) is 1.28. The van der Waals surface area contributed by atoms with Crippen LogP contribution in [-0.4, -0.2) is 17.5 Å². The van der Waals surface area contributed by atoms with Crippen molar-refractivity contribution in [3.05, 3.63) is 23.4 Å². The van der Waals surface area contributed by atoms with Gasteiger partial charge in [0.1, 0.15) is 0 Å². The van der Waals surface area contributed by atoms with Gasteiger partial charge in [0.15, 0.2) is 0 Å². The summed E-state index contributed by atoms with van der Waals surface area (Å²) in [6, 6.07) is 0. The number of allylic oxidation sites excluding steroid dienone is 2. The Morgan fingerprint density at radius 3 is 2.27 bits per heavy atom. The first kappa shape index (κ1) is 8.38. The number of hydrogen-bond acceptors (Lipinski definition) is 1. The lowest BCUT2D eigenvalue weighted by atomic mass is 9.88. The molecule has 0 N–H and O–H groups in total. The second-order valence-electron chi connectivity index (χ2n) is 3.79. The molecule has 1 heteroatoms. The summed E-state index contributed by atoms with van der Waals surface area (Å²) in [4.78, 5) is 2.25. The van der Waals surface area contributed by atoms with Gasteiger partial charge in [-0.15, -0.1) is 0 Å². The molecule has 0 spiro atoms. The Morgan fingerprint density at radius 1 is 1.27 bits per heavy atom. The van der Waals surface area contributed by atoms with Gasteiger partial charge in [0.05, 0.1) is 5.54 Å². The summed E-state index contributed by atoms with van der Waals surface area (Å²) < 4.78 is 0. The van der Waals surface area contributed by atoms with E-state index in [0.29, 0.717) is 0 Å². The molecule has 0 unspecified atom stereocenters. The fourth-order valence-electron chi connectivity index (χ4n) is 1.28. The molecule has 0 fully saturated rings. The highest BCUT2D eigenvalue weighted by molar-refractivity contribution is 5.33. The summed E-state index contributed by atoms with van der Waals surface area (Å²) in [6.07, 6.45) is 4.31. The van der Waals surface area contributed by atoms with Gasteiger partial charge in [-0.25, -0.2) is 0 Å². The first-order valence-electron chi connectivity index (χ1n) is 4.05. The SMILES string of the molecule is CC1=C(C)C(C)(C)N(C)C=C1. The van der Waals surface area contributed by atoms with Gasteiger partial charge >= 0.3 is 0 Å². The maximum absolute atomic E-state index is 2.25. The quantitative estimate of drug-likeness (QED) is 0.514. The van der Waals surface area contributed by atoms with Crippen molar-refractivity contribution in [1.29, 1.82) is 0 Å². The highest BCUT2D eigenvalue weighted by atomic mass is 15.1. The lowest BCUT2D eigenvalue weighted by molar-refractivity contribution is 0.263. The van der Waals surface area contributed by atoms with E-state index in [0.717, 1.165) is 0 Å². The predicted octanol–water partition coefficient (Wildman–Crippen LogP) is 2.56. The van der Waals surface area contributed by atoms with Crippen LogP contribution in [0.25, 0.3) is 0 Å². The van der Waals surface area contributed by atoms with Crippen LogP contribution in [0.5, 0.6) is 0 Å². The molecule has 1 aliphatic rings. The minimum atomic E-state index is 0.193. The third kappa shape index (κ3) is 1.20. The normalized spacial score (nSPS) is 22.8. The zero-order chi connectivity index (χ0) is 8.65. The zero-order valence-electron chi connectivity index (χ0n) is 8.10. The summed E-state index contributed by atoms with van der Waals surface area (Å²) in [5.41, 5.74) is 3.05. The summed E-state index contributed by atoms with van der Waals surface area (Å²) in [5, 5.41) is 0. The van der Waals surface area contributed by atoms with Gasteiger partial charge in [-0.1, -0.05) is 0 Å². The van der Waals surface area contributed by atoms with Crippen molar-refractivity contribution < 1.29 is 0 Å². The van der Waals surface area contributed by atoms with Crippen LogP contribution in [0.3, 0.4) is 0 Å². The Hall–Kier alpha value is -0.720. The first-order valence-corrected chi connectivity index (χ1v) is 4.05. The van der Waals surface area contributed by atoms with E-state index in [4.69, 9.17) is 0 Å². The molecule has 1 nitrogen and oxygen atoms in total. The molecule has 62 valence electrons. The third-order valence-electron chi connectivity index (χ3n) is 2.94. The van der Waals surface area contributed by atoms with Gasteiger partial charge in [-0.05, 0) is 51.1 Å². The van der Waals surface area contributed by atoms with E-state index in [-0.39, 0.29) is 5.54 Å². The van der Waals surface area contributed by atoms with E-state index in [1.165, 1.54) is 11.1 Å². The number of rotatable bonds is 0. The molecule has 1 heterocycles. The van der Waals surface area contributed by atoms with E-state index in [2.05, 4.69) is 51.9 Å². The number of nitrogens with zero attached hydrogens (tertiary/aromatic N) is 1. The first-order chi connectivity index (χ1) is 4.96. The molecule has 11 heavy (non-hydrogen) atoms. The maximum atomic E-state index is 2.25. The lowest BCUT2D eigenvalue weighted by Crippen LogP contribution is -2.40. The highest BCUT2D eigenvalue weighted by Crippen LogP contribution is 2.29. The predicted molar refractivity (Wildman–Crippen MR) is 49.4 cm³/mol. The molecule has 0 amide bonds. The van der Waals surface area contributed by atoms with E-state index in [1.54, 1.807) is 0 Å². The Balaban J connectivity index is 3.07. The van der Waals surface area contributed by atoms with Crippen LogP contribution in [0.15, 0.2) is 23.4 Å². The average molecular weight is 151 g/mol. The van der Waals surface area contributed by atoms with Crippen molar-refractivity contribution in [2.75, 3.05) is 7.05 Å². The van der Waals surface area contributed by atoms with Crippen LogP contribution in [0.4, 0.5) is 0 Å². The Morgan fingerprint density at radius 2 is 1.82 bits per heavy atom. The van der Waals surface area contributed by atoms with Gasteiger partial charge in [-0.3, -0.25) is 0 Å². The molecule has 0 atom stereocenters. The molecule has 1 rings (SSSR count). The fraction of sp³-hybridized carbons (Fsp3) is 0.600. The van der Waals surface area contributed by atoms with Crippen molar-refractivity contribution in [2.24, 2.45) is 0 Å². The van der Waals surface area contributed by atoms with Crippen LogP contribution in [0, 0.1) is 0 Å². The molecule has 0 saturated carbocycles. The van der Waals surface area contributed by atoms with Crippen molar-refractivity contribution in [3.63, 3.8) is 0 Å². The molecule has 0 aromatic rings. The highest BCUT2D eigenvalue weighted by Gasteiger charge is 2.26. The van der Waals surface area contributed by atoms with Gasteiger partial charge in [-0.2, -0.15) is 0 Å². The minimum Gasteiger partial charge on any atom is -0.372 e. The van der Waals surface area contributed by atoms with E-state index in [1.807, 2.05) is 0 Å². The molecule has 0 aromatic heterocycles. The second-order valence-corrected chi connectivity index (χ2v) is 3.79. The van der Waals surface area contributed by atoms with Crippen LogP contribution in [0.2, 0.25) is 0 Å². The van der Waals surface area contributed by atoms with Gasteiger partial charge in [0, 0.05) is 7.05 Å². The van der Waals surface area contributed by atoms with E-state index in [9.17, 15) is 0 Å². The van der Waals surface area contributed by atoms with Crippen LogP contribution in [-0.2, 0) is 0 Å². The average Bonchev–Trinajstić information content (AvgIpc) is 1.95. The summed E-state index contributed by atoms with van der Waals surface area (Å²) in [5.74, 6) is 0. The molecule has 0 aromatic carbocycles. The maximum Gasteiger partial charge on any atom is 0.0551 e. The standard InChI is InChI=1S/C10H17N/c1-8-6-7-11(5)10(3,4)9(8)2/h6-7H,1-5H3. The minimum absolute atomic E-state index is 0.193. The third-order valence-corrected chi connectivity index (χ3v) is 2.94. The number of likely N-dealkylation sites (N-methyl/N-ethyl adjacent to an activating group) is 1. The largest absolute Gasteiger partial charge is 0.372 e. The topological polar surface area (TPSA) is 3.24 Å². The van der Waals surface area contributed by atoms with E-state index >= 15 is 0 Å². The van der Waals surface area contributed by atoms with Gasteiger partial charge in [0.25, 0.3) is 0 Å². The second kappa shape index (κ2) is 2.40. The summed E-state index contributed by atoms with van der Waals surface area (Å²) in [6.45, 7) is 8.86.